The number of aliphatic imine (C=N–C) groups is 2. The molecule has 0 spiro atoms. The van der Waals surface area contributed by atoms with Crippen LogP contribution in [-0.4, -0.2) is 12.3 Å². The van der Waals surface area contributed by atoms with E-state index in [9.17, 15) is 0 Å². The number of guanidine groups is 1. The molecule has 0 saturated heterocycles. The Morgan fingerprint density at radius 1 is 1.21 bits per heavy atom. The van der Waals surface area contributed by atoms with Crippen LogP contribution in [0.3, 0.4) is 0 Å². The van der Waals surface area contributed by atoms with Crippen LogP contribution in [0, 0.1) is 5.62 Å². The number of hydrogen-bond acceptors (Lipinski definition) is 4. The summed E-state index contributed by atoms with van der Waals surface area (Å²) in [6.45, 7) is 0. The summed E-state index contributed by atoms with van der Waals surface area (Å²) in [7, 11) is 0. The number of hydrogen-bond donors (Lipinski definition) is 2. The van der Waals surface area contributed by atoms with Crippen molar-refractivity contribution in [1.82, 2.24) is 5.32 Å². The first-order valence-electron chi connectivity index (χ1n) is 4.07. The van der Waals surface area contributed by atoms with E-state index in [1.54, 1.807) is 0 Å². The van der Waals surface area contributed by atoms with Gasteiger partial charge in [-0.3, -0.25) is 0 Å². The Balaban J connectivity index is 2.08. The van der Waals surface area contributed by atoms with E-state index in [2.05, 4.69) is 20.6 Å². The van der Waals surface area contributed by atoms with Gasteiger partial charge in [0.25, 0.3) is 5.62 Å². The van der Waals surface area contributed by atoms with Crippen molar-refractivity contribution in [3.8, 4) is 0 Å². The summed E-state index contributed by atoms with van der Waals surface area (Å²) >= 11 is 5.66. The van der Waals surface area contributed by atoms with Gasteiger partial charge in [-0.15, -0.1) is 0 Å². The van der Waals surface area contributed by atoms with Gasteiger partial charge in [0.05, 0.1) is 6.34 Å². The number of nitrogens with one attached hydrogen (secondary N) is 2. The van der Waals surface area contributed by atoms with Crippen molar-refractivity contribution in [2.24, 2.45) is 9.98 Å². The van der Waals surface area contributed by atoms with Gasteiger partial charge < -0.3 is 10.6 Å². The Morgan fingerprint density at radius 2 is 2.00 bits per heavy atom. The van der Waals surface area contributed by atoms with E-state index < -0.39 is 0 Å². The maximum absolute atomic E-state index is 5.66. The molecule has 0 fully saturated rings. The number of anilines is 1. The molecule has 5 heteroatoms. The molecular weight excluding hydrogens is 200 g/mol. The molecule has 1 heterocycles. The first kappa shape index (κ1) is 9.02. The van der Waals surface area contributed by atoms with Gasteiger partial charge in [0, 0.05) is 5.69 Å². The van der Waals surface area contributed by atoms with Gasteiger partial charge in [-0.25, -0.2) is 9.98 Å². The van der Waals surface area contributed by atoms with Crippen LogP contribution in [0.25, 0.3) is 0 Å². The summed E-state index contributed by atoms with van der Waals surface area (Å²) in [4.78, 5) is 7.93. The summed E-state index contributed by atoms with van der Waals surface area (Å²) in [6, 6.07) is 9.65. The van der Waals surface area contributed by atoms with Crippen molar-refractivity contribution >= 4 is 29.6 Å². The number of benzene rings is 1. The van der Waals surface area contributed by atoms with Gasteiger partial charge in [-0.2, -0.15) is 0 Å². The summed E-state index contributed by atoms with van der Waals surface area (Å²) in [5, 5.41) is 5.68. The highest BCUT2D eigenvalue weighted by Gasteiger charge is 2.08. The maximum Gasteiger partial charge on any atom is 0.269 e. The average molecular weight is 208 g/mol. The van der Waals surface area contributed by atoms with E-state index in [4.69, 9.17) is 11.6 Å². The predicted octanol–water partition coefficient (Wildman–Crippen LogP) is 1.77. The van der Waals surface area contributed by atoms with Gasteiger partial charge in [0.2, 0.25) is 5.96 Å². The fourth-order valence-corrected chi connectivity index (χ4v) is 1.14. The van der Waals surface area contributed by atoms with Crippen LogP contribution in [0.5, 0.6) is 0 Å². The van der Waals surface area contributed by atoms with E-state index in [1.165, 1.54) is 6.34 Å². The molecule has 71 valence electrons. The van der Waals surface area contributed by atoms with Crippen LogP contribution in [0.2, 0.25) is 0 Å². The van der Waals surface area contributed by atoms with Crippen molar-refractivity contribution in [2.45, 2.75) is 0 Å². The second-order valence-electron chi connectivity index (χ2n) is 2.62. The van der Waals surface area contributed by atoms with E-state index in [1.807, 2.05) is 30.3 Å². The van der Waals surface area contributed by atoms with Crippen molar-refractivity contribution in [1.29, 1.82) is 0 Å². The first-order chi connectivity index (χ1) is 6.84. The monoisotopic (exact) mass is 207 g/mol. The molecular formula is C9H8ClN4. The fraction of sp³-hybridized carbons (Fsp3) is 0. The van der Waals surface area contributed by atoms with Crippen LogP contribution in [0.4, 0.5) is 5.69 Å². The van der Waals surface area contributed by atoms with Gasteiger partial charge >= 0.3 is 0 Å². The van der Waals surface area contributed by atoms with E-state index in [0.717, 1.165) is 5.69 Å². The number of para-hydroxylation sites is 1. The molecule has 0 amide bonds. The largest absolute Gasteiger partial charge is 0.335 e. The summed E-state index contributed by atoms with van der Waals surface area (Å²) in [6.07, 6.45) is 1.49. The van der Waals surface area contributed by atoms with Crippen molar-refractivity contribution in [2.75, 3.05) is 5.32 Å². The zero-order valence-corrected chi connectivity index (χ0v) is 7.99. The molecule has 1 aromatic rings. The molecule has 2 rings (SSSR count). The zero-order valence-electron chi connectivity index (χ0n) is 7.24. The Bertz CT molecular complexity index is 360. The van der Waals surface area contributed by atoms with E-state index in [0.29, 0.717) is 11.6 Å². The maximum atomic E-state index is 5.66. The molecule has 14 heavy (non-hydrogen) atoms. The summed E-state index contributed by atoms with van der Waals surface area (Å²) < 4.78 is 0. The topological polar surface area (TPSA) is 48.8 Å². The molecule has 1 aromatic carbocycles. The standard InChI is InChI=1S/C9H8ClN4/c10-8-11-6-12-9(14-8)13-7-4-2-1-3-5-7/h1-6H,(H2,11,12,13,14). The van der Waals surface area contributed by atoms with Crippen LogP contribution in [0.1, 0.15) is 0 Å². The lowest BCUT2D eigenvalue weighted by atomic mass is 10.3. The van der Waals surface area contributed by atoms with Crippen molar-refractivity contribution in [3.63, 3.8) is 0 Å². The molecule has 2 N–H and O–H groups in total. The SMILES string of the molecule is Cl[C]1N=C(Nc2ccccc2)N=CN1. The lowest BCUT2D eigenvalue weighted by Gasteiger charge is -2.11. The minimum atomic E-state index is 0.304. The fourth-order valence-electron chi connectivity index (χ4n) is 1.01. The molecule has 0 aliphatic carbocycles. The molecule has 0 saturated carbocycles. The minimum absolute atomic E-state index is 0.304. The third-order valence-corrected chi connectivity index (χ3v) is 1.80. The van der Waals surface area contributed by atoms with Crippen molar-refractivity contribution < 1.29 is 0 Å². The normalized spacial score (nSPS) is 15.9. The highest BCUT2D eigenvalue weighted by molar-refractivity contribution is 6.28. The smallest absolute Gasteiger partial charge is 0.269 e. The van der Waals surface area contributed by atoms with Crippen LogP contribution in [0.15, 0.2) is 40.3 Å². The highest BCUT2D eigenvalue weighted by Crippen LogP contribution is 2.10. The number of nitrogens with zero attached hydrogens (tertiary/aromatic N) is 2. The predicted molar refractivity (Wildman–Crippen MR) is 58.2 cm³/mol. The Hall–Kier alpha value is -1.55. The molecule has 0 aromatic heterocycles. The molecule has 0 atom stereocenters. The lowest BCUT2D eigenvalue weighted by Crippen LogP contribution is -2.23. The van der Waals surface area contributed by atoms with Crippen LogP contribution >= 0.6 is 11.6 Å². The lowest BCUT2D eigenvalue weighted by molar-refractivity contribution is 1.01. The second-order valence-corrected chi connectivity index (χ2v) is 2.98. The minimum Gasteiger partial charge on any atom is -0.335 e. The Morgan fingerprint density at radius 3 is 2.71 bits per heavy atom. The number of rotatable bonds is 1. The molecule has 4 nitrogen and oxygen atoms in total. The molecule has 1 radical (unpaired) electrons. The highest BCUT2D eigenvalue weighted by atomic mass is 35.5. The molecule has 0 bridgehead atoms. The molecule has 0 unspecified atom stereocenters. The quantitative estimate of drug-likeness (QED) is 0.690. The van der Waals surface area contributed by atoms with Crippen LogP contribution < -0.4 is 10.6 Å². The number of halogens is 1. The first-order valence-corrected chi connectivity index (χ1v) is 4.45. The van der Waals surface area contributed by atoms with Gasteiger partial charge in [0.15, 0.2) is 0 Å². The van der Waals surface area contributed by atoms with Gasteiger partial charge in [-0.05, 0) is 12.1 Å². The van der Waals surface area contributed by atoms with Crippen molar-refractivity contribution in [3.05, 3.63) is 36.0 Å². The van der Waals surface area contributed by atoms with E-state index >= 15 is 0 Å². The van der Waals surface area contributed by atoms with Gasteiger partial charge in [-0.1, -0.05) is 29.8 Å². The second kappa shape index (κ2) is 4.11. The third kappa shape index (κ3) is 2.23. The Kier molecular flexibility index (Phi) is 2.65. The zero-order chi connectivity index (χ0) is 9.80. The molecule has 1 aliphatic heterocycles. The van der Waals surface area contributed by atoms with Crippen LogP contribution in [-0.2, 0) is 0 Å². The third-order valence-electron chi connectivity index (χ3n) is 1.60. The summed E-state index contributed by atoms with van der Waals surface area (Å²) in [5.41, 5.74) is 1.23. The molecule has 1 aliphatic rings. The summed E-state index contributed by atoms with van der Waals surface area (Å²) in [5.74, 6) is 0.472. The van der Waals surface area contributed by atoms with Gasteiger partial charge in [0.1, 0.15) is 0 Å². The Labute approximate surface area is 86.7 Å². The average Bonchev–Trinajstić information content (AvgIpc) is 2.19. The van der Waals surface area contributed by atoms with E-state index in [-0.39, 0.29) is 0 Å².